The highest BCUT2D eigenvalue weighted by atomic mass is 32.2. The van der Waals surface area contributed by atoms with E-state index in [1.807, 2.05) is 0 Å². The molecule has 27 heavy (non-hydrogen) atoms. The van der Waals surface area contributed by atoms with E-state index in [-0.39, 0.29) is 22.5 Å². The Balaban J connectivity index is 1.68. The van der Waals surface area contributed by atoms with Crippen LogP contribution in [0.15, 0.2) is 76.2 Å². The summed E-state index contributed by atoms with van der Waals surface area (Å²) in [6.45, 7) is 1.79. The first kappa shape index (κ1) is 18.7. The minimum atomic E-state index is -3.84. The summed E-state index contributed by atoms with van der Waals surface area (Å²) in [7, 11) is -3.84. The minimum absolute atomic E-state index is 0.0574. The molecule has 0 radical (unpaired) electrons. The Hall–Kier alpha value is -3.13. The van der Waals surface area contributed by atoms with Crippen LogP contribution in [0.25, 0.3) is 0 Å². The smallest absolute Gasteiger partial charge is 0.261 e. The quantitative estimate of drug-likeness (QED) is 0.674. The van der Waals surface area contributed by atoms with Crippen molar-refractivity contribution in [1.29, 1.82) is 0 Å². The van der Waals surface area contributed by atoms with Crippen molar-refractivity contribution in [3.63, 3.8) is 0 Å². The van der Waals surface area contributed by atoms with Gasteiger partial charge in [0.25, 0.3) is 15.9 Å². The lowest BCUT2D eigenvalue weighted by molar-refractivity contribution is 0.0935. The molecule has 0 saturated carbocycles. The summed E-state index contributed by atoms with van der Waals surface area (Å²) in [5, 5.41) is 2.79. The second kappa shape index (κ2) is 7.63. The minimum Gasteiger partial charge on any atom is -0.467 e. The Morgan fingerprint density at radius 3 is 2.30 bits per heavy atom. The van der Waals surface area contributed by atoms with Gasteiger partial charge in [0, 0.05) is 11.3 Å². The molecule has 0 saturated heterocycles. The van der Waals surface area contributed by atoms with E-state index in [9.17, 15) is 17.6 Å². The van der Waals surface area contributed by atoms with Crippen LogP contribution in [0.5, 0.6) is 0 Å². The summed E-state index contributed by atoms with van der Waals surface area (Å²) in [5.74, 6) is -0.202. The van der Waals surface area contributed by atoms with E-state index in [1.165, 1.54) is 42.7 Å². The maximum atomic E-state index is 12.9. The molecule has 0 aliphatic carbocycles. The van der Waals surface area contributed by atoms with Gasteiger partial charge in [0.1, 0.15) is 11.6 Å². The van der Waals surface area contributed by atoms with Crippen LogP contribution in [0.3, 0.4) is 0 Å². The number of hydrogen-bond acceptors (Lipinski definition) is 4. The number of amides is 1. The van der Waals surface area contributed by atoms with Crippen LogP contribution in [-0.2, 0) is 10.0 Å². The van der Waals surface area contributed by atoms with E-state index in [1.54, 1.807) is 19.1 Å². The van der Waals surface area contributed by atoms with Crippen molar-refractivity contribution in [1.82, 2.24) is 5.32 Å². The second-order valence-electron chi connectivity index (χ2n) is 5.85. The molecule has 0 unspecified atom stereocenters. The van der Waals surface area contributed by atoms with Crippen LogP contribution < -0.4 is 10.0 Å². The summed E-state index contributed by atoms with van der Waals surface area (Å²) < 4.78 is 45.1. The maximum absolute atomic E-state index is 12.9. The van der Waals surface area contributed by atoms with Gasteiger partial charge in [-0.1, -0.05) is 0 Å². The number of benzene rings is 2. The van der Waals surface area contributed by atoms with Crippen LogP contribution in [-0.4, -0.2) is 14.3 Å². The molecular weight excluding hydrogens is 371 g/mol. The van der Waals surface area contributed by atoms with E-state index < -0.39 is 15.8 Å². The van der Waals surface area contributed by atoms with Crippen molar-refractivity contribution in [2.45, 2.75) is 17.9 Å². The van der Waals surface area contributed by atoms with Gasteiger partial charge in [0.15, 0.2) is 0 Å². The number of anilines is 1. The normalized spacial score (nSPS) is 12.4. The van der Waals surface area contributed by atoms with Gasteiger partial charge >= 0.3 is 0 Å². The van der Waals surface area contributed by atoms with Crippen LogP contribution >= 0.6 is 0 Å². The number of furan rings is 1. The highest BCUT2D eigenvalue weighted by molar-refractivity contribution is 7.92. The lowest BCUT2D eigenvalue weighted by Gasteiger charge is -2.12. The first-order valence-corrected chi connectivity index (χ1v) is 9.56. The van der Waals surface area contributed by atoms with Crippen molar-refractivity contribution in [2.24, 2.45) is 0 Å². The molecule has 0 fully saturated rings. The molecule has 8 heteroatoms. The van der Waals surface area contributed by atoms with Gasteiger partial charge in [-0.25, -0.2) is 12.8 Å². The fourth-order valence-corrected chi connectivity index (χ4v) is 3.46. The van der Waals surface area contributed by atoms with Crippen molar-refractivity contribution in [3.05, 3.63) is 84.1 Å². The van der Waals surface area contributed by atoms with Gasteiger partial charge < -0.3 is 9.73 Å². The first-order valence-electron chi connectivity index (χ1n) is 8.08. The zero-order chi connectivity index (χ0) is 19.4. The number of carbonyl (C=O) groups is 1. The van der Waals surface area contributed by atoms with Gasteiger partial charge in [0.05, 0.1) is 17.2 Å². The van der Waals surface area contributed by atoms with E-state index in [0.29, 0.717) is 11.3 Å². The fraction of sp³-hybridized carbons (Fsp3) is 0.105. The van der Waals surface area contributed by atoms with Gasteiger partial charge in [-0.05, 0) is 67.6 Å². The predicted molar refractivity (Wildman–Crippen MR) is 98.2 cm³/mol. The number of rotatable bonds is 6. The number of nitrogens with one attached hydrogen (secondary N) is 2. The SMILES string of the molecule is C[C@@H](NC(=O)c1ccc(NS(=O)(=O)c2ccc(F)cc2)cc1)c1ccco1. The van der Waals surface area contributed by atoms with Crippen LogP contribution in [0.2, 0.25) is 0 Å². The molecule has 0 aliphatic rings. The lowest BCUT2D eigenvalue weighted by Crippen LogP contribution is -2.26. The van der Waals surface area contributed by atoms with E-state index in [0.717, 1.165) is 12.1 Å². The summed E-state index contributed by atoms with van der Waals surface area (Å²) in [6, 6.07) is 13.7. The van der Waals surface area contributed by atoms with E-state index in [4.69, 9.17) is 4.42 Å². The monoisotopic (exact) mass is 388 g/mol. The molecule has 1 heterocycles. The van der Waals surface area contributed by atoms with Crippen LogP contribution in [0.4, 0.5) is 10.1 Å². The topological polar surface area (TPSA) is 88.4 Å². The highest BCUT2D eigenvalue weighted by Crippen LogP contribution is 2.18. The maximum Gasteiger partial charge on any atom is 0.261 e. The van der Waals surface area contributed by atoms with Gasteiger partial charge in [-0.15, -0.1) is 0 Å². The number of carbonyl (C=O) groups excluding carboxylic acids is 1. The molecule has 6 nitrogen and oxygen atoms in total. The first-order chi connectivity index (χ1) is 12.8. The van der Waals surface area contributed by atoms with Crippen molar-refractivity contribution in [2.75, 3.05) is 4.72 Å². The number of halogens is 1. The third-order valence-corrected chi connectivity index (χ3v) is 5.24. The summed E-state index contributed by atoms with van der Waals surface area (Å²) in [6.07, 6.45) is 1.53. The highest BCUT2D eigenvalue weighted by Gasteiger charge is 2.16. The van der Waals surface area contributed by atoms with Crippen LogP contribution in [0.1, 0.15) is 29.1 Å². The molecule has 140 valence electrons. The largest absolute Gasteiger partial charge is 0.467 e. The Kier molecular flexibility index (Phi) is 5.27. The summed E-state index contributed by atoms with van der Waals surface area (Å²) >= 11 is 0. The molecule has 0 spiro atoms. The van der Waals surface area contributed by atoms with Gasteiger partial charge in [-0.3, -0.25) is 9.52 Å². The lowest BCUT2D eigenvalue weighted by atomic mass is 10.1. The predicted octanol–water partition coefficient (Wildman–Crippen LogP) is 3.71. The van der Waals surface area contributed by atoms with Gasteiger partial charge in [-0.2, -0.15) is 0 Å². The second-order valence-corrected chi connectivity index (χ2v) is 7.53. The third-order valence-electron chi connectivity index (χ3n) is 3.84. The Morgan fingerprint density at radius 2 is 1.70 bits per heavy atom. The summed E-state index contributed by atoms with van der Waals surface area (Å²) in [4.78, 5) is 12.2. The van der Waals surface area contributed by atoms with Crippen molar-refractivity contribution < 1.29 is 22.0 Å². The van der Waals surface area contributed by atoms with Crippen molar-refractivity contribution in [3.8, 4) is 0 Å². The average Bonchev–Trinajstić information content (AvgIpc) is 3.17. The molecule has 3 rings (SSSR count). The molecule has 1 atom stereocenters. The standard InChI is InChI=1S/C19H17FN2O4S/c1-13(18-3-2-12-26-18)21-19(23)14-4-8-16(9-5-14)22-27(24,25)17-10-6-15(20)7-11-17/h2-13,22H,1H3,(H,21,23)/t13-/m1/s1. The average molecular weight is 388 g/mol. The molecular formula is C19H17FN2O4S. The molecule has 1 aromatic heterocycles. The molecule has 2 N–H and O–H groups in total. The fourth-order valence-electron chi connectivity index (χ4n) is 2.41. The molecule has 1 amide bonds. The molecule has 0 aliphatic heterocycles. The Bertz CT molecular complexity index is 1010. The molecule has 3 aromatic rings. The van der Waals surface area contributed by atoms with E-state index >= 15 is 0 Å². The van der Waals surface area contributed by atoms with Gasteiger partial charge in [0.2, 0.25) is 0 Å². The van der Waals surface area contributed by atoms with Crippen molar-refractivity contribution >= 4 is 21.6 Å². The molecule has 0 bridgehead atoms. The Morgan fingerprint density at radius 1 is 1.04 bits per heavy atom. The van der Waals surface area contributed by atoms with E-state index in [2.05, 4.69) is 10.0 Å². The Labute approximate surface area is 156 Å². The number of sulfonamides is 1. The molecule has 2 aromatic carbocycles. The zero-order valence-electron chi connectivity index (χ0n) is 14.3. The number of hydrogen-bond donors (Lipinski definition) is 2. The van der Waals surface area contributed by atoms with Crippen LogP contribution in [0, 0.1) is 5.82 Å². The zero-order valence-corrected chi connectivity index (χ0v) is 15.2. The third kappa shape index (κ3) is 4.53. The summed E-state index contributed by atoms with van der Waals surface area (Å²) in [5.41, 5.74) is 0.660.